The number of fused-ring (bicyclic) bond motifs is 5. The van der Waals surface area contributed by atoms with E-state index in [2.05, 4.69) is 25.2 Å². The van der Waals surface area contributed by atoms with Crippen LogP contribution in [0.15, 0.2) is 30.4 Å². The highest BCUT2D eigenvalue weighted by atomic mass is 32.2. The smallest absolute Gasteiger partial charge is 0.437 e. The molecule has 4 fully saturated rings. The van der Waals surface area contributed by atoms with Crippen molar-refractivity contribution in [3.63, 3.8) is 0 Å². The van der Waals surface area contributed by atoms with Gasteiger partial charge in [0.2, 0.25) is 21.8 Å². The highest BCUT2D eigenvalue weighted by Gasteiger charge is 2.64. The zero-order valence-corrected chi connectivity index (χ0v) is 38.1. The normalized spacial score (nSPS) is 28.9. The van der Waals surface area contributed by atoms with E-state index in [1.165, 1.54) is 17.9 Å². The first-order valence-corrected chi connectivity index (χ1v) is 24.1. The first-order chi connectivity index (χ1) is 30.6. The number of nitrogens with zero attached hydrogens (tertiary/aromatic N) is 3. The zero-order valence-electron chi connectivity index (χ0n) is 37.3. The van der Waals surface area contributed by atoms with E-state index in [4.69, 9.17) is 18.9 Å². The molecule has 6 aliphatic rings. The second-order valence-corrected chi connectivity index (χ2v) is 21.8. The summed E-state index contributed by atoms with van der Waals surface area (Å²) in [5, 5.41) is 5.90. The summed E-state index contributed by atoms with van der Waals surface area (Å²) in [6.45, 7) is 9.96. The van der Waals surface area contributed by atoms with Crippen LogP contribution in [0.3, 0.4) is 0 Å². The molecule has 2 saturated heterocycles. The minimum absolute atomic E-state index is 0.0560. The third kappa shape index (κ3) is 10.0. The predicted octanol–water partition coefficient (Wildman–Crippen LogP) is 4.92. The summed E-state index contributed by atoms with van der Waals surface area (Å²) in [6.07, 6.45) is 1.16. The number of hydrogen-bond donors (Lipinski definition) is 3. The summed E-state index contributed by atoms with van der Waals surface area (Å²) in [7, 11) is -4.11. The fourth-order valence-electron chi connectivity index (χ4n) is 9.36. The van der Waals surface area contributed by atoms with E-state index in [-0.39, 0.29) is 49.7 Å². The maximum atomic E-state index is 15.0. The van der Waals surface area contributed by atoms with Gasteiger partial charge in [-0.15, -0.1) is 0 Å². The SMILES string of the molecule is CC(C)(C)OC(=O)N[C@H]1CCCCC/C=C\[C@H]2C[C@@]2(C(=O)NS(=O)(=O)C2(C)CC2)NC(=O)[C@@H]2C[C@]3(CCc4c(c(C(F)(F)F)nc5ccc(OCCN6CCOCC6)cc45)O3)CN2C1=O. The van der Waals surface area contributed by atoms with Crippen LogP contribution in [-0.4, -0.2) is 127 Å². The molecular weight excluding hydrogens is 874 g/mol. The standard InChI is InChI=1S/C45H59F3N6O10S/c1-41(2,3)64-40(58)50-33-11-9-7-5-6-8-10-28-25-44(28,39(57)52-65(59,60)42(4)16-17-42)51-37(55)34-26-43(27-54(34)38(33)56)15-14-30-31-24-29(62-23-20-53-18-21-61-22-19-53)12-13-32(31)49-36(35(30)63-43)45(46,47)48/h8,10,12-13,24,28,33-34H,5-7,9,11,14-23,25-27H2,1-4H3,(H,50,58)(H,51,55)(H,52,57)/b10-8-/t28-,33-,34-,43+,44+/m0/s1. The fourth-order valence-corrected chi connectivity index (χ4v) is 10.7. The Morgan fingerprint density at radius 3 is 2.51 bits per heavy atom. The summed E-state index contributed by atoms with van der Waals surface area (Å²) in [5.41, 5.74) is -5.04. The lowest BCUT2D eigenvalue weighted by Crippen LogP contribution is -2.58. The first-order valence-electron chi connectivity index (χ1n) is 22.6. The number of benzene rings is 1. The molecular formula is C45H59F3N6O10S. The maximum Gasteiger partial charge on any atom is 0.437 e. The summed E-state index contributed by atoms with van der Waals surface area (Å²) >= 11 is 0. The molecule has 3 N–H and O–H groups in total. The average molecular weight is 933 g/mol. The number of sulfonamides is 1. The first kappa shape index (κ1) is 46.8. The molecule has 16 nitrogen and oxygen atoms in total. The minimum atomic E-state index is -4.95. The molecule has 4 amide bonds. The van der Waals surface area contributed by atoms with Crippen LogP contribution in [0.25, 0.3) is 10.9 Å². The highest BCUT2D eigenvalue weighted by molar-refractivity contribution is 7.91. The second kappa shape index (κ2) is 17.5. The van der Waals surface area contributed by atoms with E-state index >= 15 is 0 Å². The summed E-state index contributed by atoms with van der Waals surface area (Å²) < 4.78 is 96.1. The number of amides is 4. The number of ether oxygens (including phenoxy) is 4. The number of nitrogens with one attached hydrogen (secondary N) is 3. The number of rotatable bonds is 8. The van der Waals surface area contributed by atoms with Gasteiger partial charge in [0.05, 0.1) is 30.0 Å². The van der Waals surface area contributed by atoms with Crippen molar-refractivity contribution in [2.24, 2.45) is 5.92 Å². The van der Waals surface area contributed by atoms with Crippen molar-refractivity contribution in [3.05, 3.63) is 41.6 Å². The van der Waals surface area contributed by atoms with Crippen molar-refractivity contribution in [2.45, 2.75) is 138 Å². The second-order valence-electron chi connectivity index (χ2n) is 19.6. The van der Waals surface area contributed by atoms with Crippen molar-refractivity contribution in [1.29, 1.82) is 0 Å². The molecule has 356 valence electrons. The number of allylic oxidation sites excluding steroid dienone is 1. The Balaban J connectivity index is 1.13. The van der Waals surface area contributed by atoms with Crippen LogP contribution in [-0.2, 0) is 46.5 Å². The number of pyridine rings is 1. The molecule has 5 atom stereocenters. The van der Waals surface area contributed by atoms with E-state index in [1.54, 1.807) is 39.0 Å². The topological polar surface area (TPSA) is 195 Å². The van der Waals surface area contributed by atoms with Crippen molar-refractivity contribution in [3.8, 4) is 11.5 Å². The molecule has 4 aliphatic heterocycles. The van der Waals surface area contributed by atoms with E-state index in [0.29, 0.717) is 76.0 Å². The van der Waals surface area contributed by atoms with Gasteiger partial charge in [0.25, 0.3) is 5.91 Å². The Kier molecular flexibility index (Phi) is 12.6. The number of aryl methyl sites for hydroxylation is 1. The number of carbonyl (C=O) groups is 4. The Morgan fingerprint density at radius 2 is 1.80 bits per heavy atom. The maximum absolute atomic E-state index is 15.0. The van der Waals surface area contributed by atoms with Crippen molar-refractivity contribution < 1.29 is 59.7 Å². The summed E-state index contributed by atoms with van der Waals surface area (Å²) in [5.74, 6) is -3.05. The molecule has 1 aromatic carbocycles. The van der Waals surface area contributed by atoms with Crippen LogP contribution >= 0.6 is 0 Å². The minimum Gasteiger partial charge on any atom is -0.492 e. The number of hydrogen-bond acceptors (Lipinski definition) is 12. The van der Waals surface area contributed by atoms with Crippen LogP contribution < -0.4 is 24.8 Å². The molecule has 0 bridgehead atoms. The molecule has 8 rings (SSSR count). The van der Waals surface area contributed by atoms with Crippen LogP contribution in [0.5, 0.6) is 11.5 Å². The lowest BCUT2D eigenvalue weighted by Gasteiger charge is -2.37. The molecule has 2 aromatic rings. The largest absolute Gasteiger partial charge is 0.492 e. The monoisotopic (exact) mass is 932 g/mol. The predicted molar refractivity (Wildman–Crippen MR) is 230 cm³/mol. The van der Waals surface area contributed by atoms with Crippen LogP contribution in [0, 0.1) is 5.92 Å². The average Bonchev–Trinajstić information content (AvgIpc) is 4.13. The van der Waals surface area contributed by atoms with Gasteiger partial charge in [-0.05, 0) is 97.3 Å². The lowest BCUT2D eigenvalue weighted by atomic mass is 9.87. The third-order valence-electron chi connectivity index (χ3n) is 13.5. The van der Waals surface area contributed by atoms with Gasteiger partial charge in [0.1, 0.15) is 41.2 Å². The molecule has 65 heavy (non-hydrogen) atoms. The number of alkyl carbamates (subject to hydrolysis) is 1. The fraction of sp³-hybridized carbons (Fsp3) is 0.667. The Labute approximate surface area is 376 Å². The highest BCUT2D eigenvalue weighted by Crippen LogP contribution is 2.50. The Bertz CT molecular complexity index is 2350. The van der Waals surface area contributed by atoms with Crippen molar-refractivity contribution >= 4 is 44.7 Å². The van der Waals surface area contributed by atoms with Gasteiger partial charge >= 0.3 is 12.3 Å². The Hall–Kier alpha value is -4.69. The molecule has 0 unspecified atom stereocenters. The third-order valence-corrected chi connectivity index (χ3v) is 15.7. The van der Waals surface area contributed by atoms with Gasteiger partial charge in [0, 0.05) is 42.9 Å². The van der Waals surface area contributed by atoms with Gasteiger partial charge in [-0.2, -0.15) is 13.2 Å². The summed E-state index contributed by atoms with van der Waals surface area (Å²) in [6, 6.07) is 2.11. The van der Waals surface area contributed by atoms with Crippen LogP contribution in [0.1, 0.15) is 103 Å². The van der Waals surface area contributed by atoms with Crippen LogP contribution in [0.4, 0.5) is 18.0 Å². The number of alkyl halides is 3. The number of carbonyl (C=O) groups excluding carboxylic acids is 4. The Morgan fingerprint density at radius 1 is 1.05 bits per heavy atom. The van der Waals surface area contributed by atoms with E-state index in [9.17, 15) is 40.8 Å². The number of halogens is 3. The molecule has 1 spiro atoms. The molecule has 0 radical (unpaired) electrons. The molecule has 2 aliphatic carbocycles. The van der Waals surface area contributed by atoms with E-state index in [1.807, 2.05) is 6.08 Å². The van der Waals surface area contributed by atoms with Gasteiger partial charge in [-0.3, -0.25) is 24.0 Å². The van der Waals surface area contributed by atoms with Gasteiger partial charge in [0.15, 0.2) is 11.4 Å². The summed E-state index contributed by atoms with van der Waals surface area (Å²) in [4.78, 5) is 64.3. The molecule has 20 heteroatoms. The van der Waals surface area contributed by atoms with Gasteiger partial charge < -0.3 is 34.5 Å². The molecule has 1 aromatic heterocycles. The van der Waals surface area contributed by atoms with Crippen molar-refractivity contribution in [1.82, 2.24) is 30.1 Å². The van der Waals surface area contributed by atoms with E-state index < -0.39 is 90.9 Å². The molecule has 2 saturated carbocycles. The van der Waals surface area contributed by atoms with E-state index in [0.717, 1.165) is 13.1 Å². The van der Waals surface area contributed by atoms with Crippen molar-refractivity contribution in [2.75, 3.05) is 46.0 Å². The van der Waals surface area contributed by atoms with Gasteiger partial charge in [-0.25, -0.2) is 18.2 Å². The number of aromatic nitrogens is 1. The number of morpholine rings is 1. The van der Waals surface area contributed by atoms with Crippen LogP contribution in [0.2, 0.25) is 0 Å². The molecule has 5 heterocycles. The zero-order chi connectivity index (χ0) is 46.6. The lowest BCUT2D eigenvalue weighted by molar-refractivity contribution is -0.144. The van der Waals surface area contributed by atoms with Gasteiger partial charge in [-0.1, -0.05) is 25.0 Å². The quantitative estimate of drug-likeness (QED) is 0.303.